The molecule has 0 aliphatic carbocycles. The van der Waals surface area contributed by atoms with Gasteiger partial charge in [0, 0.05) is 6.08 Å². The van der Waals surface area contributed by atoms with Gasteiger partial charge in [0.15, 0.2) is 11.5 Å². The Morgan fingerprint density at radius 2 is 2.00 bits per heavy atom. The highest BCUT2D eigenvalue weighted by molar-refractivity contribution is 5.93. The monoisotopic (exact) mass is 263 g/mol. The Morgan fingerprint density at radius 3 is 2.74 bits per heavy atom. The number of nitrogens with one attached hydrogen (secondary N) is 1. The minimum absolute atomic E-state index is 0.398. The highest BCUT2D eigenvalue weighted by Gasteiger charge is 2.10. The molecule has 0 fully saturated rings. The van der Waals surface area contributed by atoms with Crippen LogP contribution in [0.4, 0.5) is 0 Å². The Labute approximate surface area is 109 Å². The molecular weight excluding hydrogens is 250 g/mol. The van der Waals surface area contributed by atoms with Crippen LogP contribution < -0.4 is 14.8 Å². The Bertz CT molecular complexity index is 524. The van der Waals surface area contributed by atoms with Gasteiger partial charge < -0.3 is 19.9 Å². The number of hydrogen-bond donors (Lipinski definition) is 2. The number of aliphatic carboxylic acids is 1. The lowest BCUT2D eigenvalue weighted by Crippen LogP contribution is -2.27. The maximum Gasteiger partial charge on any atom is 0.322 e. The summed E-state index contributed by atoms with van der Waals surface area (Å²) < 4.78 is 10.8. The van der Waals surface area contributed by atoms with E-state index in [4.69, 9.17) is 14.6 Å². The fraction of sp³-hybridized carbons (Fsp3) is 0.231. The Kier molecular flexibility index (Phi) is 4.02. The molecular formula is C13H13NO5. The maximum absolute atomic E-state index is 11.3. The number of fused-ring (bicyclic) bond motifs is 1. The van der Waals surface area contributed by atoms with Crippen molar-refractivity contribution >= 4 is 18.0 Å². The zero-order valence-electron chi connectivity index (χ0n) is 10.1. The highest BCUT2D eigenvalue weighted by Crippen LogP contribution is 2.30. The summed E-state index contributed by atoms with van der Waals surface area (Å²) in [6.07, 6.45) is 2.85. The Balaban J connectivity index is 1.98. The third-order valence-corrected chi connectivity index (χ3v) is 2.41. The van der Waals surface area contributed by atoms with E-state index >= 15 is 0 Å². The first-order valence-electron chi connectivity index (χ1n) is 5.72. The lowest BCUT2D eigenvalue weighted by molar-refractivity contribution is -0.137. The normalized spacial score (nSPS) is 13.3. The van der Waals surface area contributed by atoms with Gasteiger partial charge in [-0.15, -0.1) is 0 Å². The summed E-state index contributed by atoms with van der Waals surface area (Å²) in [6.45, 7) is 0.628. The van der Waals surface area contributed by atoms with Crippen molar-refractivity contribution in [2.75, 3.05) is 19.8 Å². The summed E-state index contributed by atoms with van der Waals surface area (Å²) >= 11 is 0. The molecule has 0 atom stereocenters. The standard InChI is InChI=1S/C13H13NO5/c15-12(14-8-13(16)17)4-2-9-1-3-10-11(7-9)19-6-5-18-10/h1-4,7H,5-6,8H2,(H,14,15)(H,16,17)/b4-2-. The Hall–Kier alpha value is -2.50. The van der Waals surface area contributed by atoms with Gasteiger partial charge in [-0.05, 0) is 23.8 Å². The number of carboxylic acid groups (broad SMARTS) is 1. The number of benzene rings is 1. The van der Waals surface area contributed by atoms with Gasteiger partial charge in [-0.1, -0.05) is 6.07 Å². The van der Waals surface area contributed by atoms with E-state index in [0.29, 0.717) is 24.7 Å². The fourth-order valence-corrected chi connectivity index (χ4v) is 1.56. The van der Waals surface area contributed by atoms with Gasteiger partial charge in [0.25, 0.3) is 0 Å². The molecule has 1 aliphatic rings. The zero-order chi connectivity index (χ0) is 13.7. The van der Waals surface area contributed by atoms with Crippen LogP contribution in [-0.4, -0.2) is 36.7 Å². The van der Waals surface area contributed by atoms with Gasteiger partial charge in [0.05, 0.1) is 0 Å². The molecule has 19 heavy (non-hydrogen) atoms. The smallest absolute Gasteiger partial charge is 0.322 e. The van der Waals surface area contributed by atoms with Crippen molar-refractivity contribution in [3.8, 4) is 11.5 Å². The molecule has 1 heterocycles. The van der Waals surface area contributed by atoms with E-state index in [1.807, 2.05) is 0 Å². The van der Waals surface area contributed by atoms with Gasteiger partial charge in [0.1, 0.15) is 19.8 Å². The van der Waals surface area contributed by atoms with E-state index < -0.39 is 18.4 Å². The molecule has 6 nitrogen and oxygen atoms in total. The molecule has 2 N–H and O–H groups in total. The maximum atomic E-state index is 11.3. The van der Waals surface area contributed by atoms with Crippen LogP contribution in [-0.2, 0) is 9.59 Å². The minimum atomic E-state index is -1.08. The number of hydrogen-bond acceptors (Lipinski definition) is 4. The number of carboxylic acids is 1. The fourth-order valence-electron chi connectivity index (χ4n) is 1.56. The molecule has 0 saturated heterocycles. The predicted octanol–water partition coefficient (Wildman–Crippen LogP) is 0.672. The lowest BCUT2D eigenvalue weighted by atomic mass is 10.2. The van der Waals surface area contributed by atoms with Crippen LogP contribution in [0.5, 0.6) is 11.5 Å². The van der Waals surface area contributed by atoms with Gasteiger partial charge >= 0.3 is 5.97 Å². The van der Waals surface area contributed by atoms with Crippen LogP contribution in [0.1, 0.15) is 5.56 Å². The average molecular weight is 263 g/mol. The van der Waals surface area contributed by atoms with Gasteiger partial charge in [-0.3, -0.25) is 9.59 Å². The van der Waals surface area contributed by atoms with Crippen LogP contribution in [0.15, 0.2) is 24.3 Å². The van der Waals surface area contributed by atoms with Crippen LogP contribution in [0, 0.1) is 0 Å². The summed E-state index contributed by atoms with van der Waals surface area (Å²) in [5.41, 5.74) is 0.773. The van der Waals surface area contributed by atoms with Gasteiger partial charge in [-0.25, -0.2) is 0 Å². The molecule has 0 unspecified atom stereocenters. The first kappa shape index (κ1) is 12.9. The molecule has 2 rings (SSSR count). The molecule has 100 valence electrons. The summed E-state index contributed by atoms with van der Waals surface area (Å²) in [7, 11) is 0. The molecule has 0 radical (unpaired) electrons. The van der Waals surface area contributed by atoms with E-state index in [1.54, 1.807) is 24.3 Å². The molecule has 6 heteroatoms. The first-order valence-corrected chi connectivity index (χ1v) is 5.72. The van der Waals surface area contributed by atoms with E-state index in [2.05, 4.69) is 5.32 Å². The van der Waals surface area contributed by atoms with E-state index in [9.17, 15) is 9.59 Å². The first-order chi connectivity index (χ1) is 9.15. The molecule has 0 aromatic heterocycles. The summed E-state index contributed by atoms with van der Waals surface area (Å²) in [6, 6.07) is 5.31. The van der Waals surface area contributed by atoms with Crippen LogP contribution in [0.25, 0.3) is 6.08 Å². The van der Waals surface area contributed by atoms with Crippen molar-refractivity contribution in [3.05, 3.63) is 29.8 Å². The van der Waals surface area contributed by atoms with Crippen molar-refractivity contribution in [1.29, 1.82) is 0 Å². The topological polar surface area (TPSA) is 84.9 Å². The molecule has 1 aromatic rings. The average Bonchev–Trinajstić information content (AvgIpc) is 2.42. The molecule has 0 spiro atoms. The third-order valence-electron chi connectivity index (χ3n) is 2.41. The second-order valence-corrected chi connectivity index (χ2v) is 3.85. The second-order valence-electron chi connectivity index (χ2n) is 3.85. The second kappa shape index (κ2) is 5.90. The van der Waals surface area contributed by atoms with E-state index in [-0.39, 0.29) is 0 Å². The van der Waals surface area contributed by atoms with Gasteiger partial charge in [-0.2, -0.15) is 0 Å². The van der Waals surface area contributed by atoms with Crippen molar-refractivity contribution in [2.45, 2.75) is 0 Å². The van der Waals surface area contributed by atoms with Crippen LogP contribution in [0.3, 0.4) is 0 Å². The summed E-state index contributed by atoms with van der Waals surface area (Å²) in [5.74, 6) is -0.226. The quantitative estimate of drug-likeness (QED) is 0.780. The number of carbonyl (C=O) groups is 2. The van der Waals surface area contributed by atoms with Crippen molar-refractivity contribution in [1.82, 2.24) is 5.32 Å². The molecule has 1 aliphatic heterocycles. The van der Waals surface area contributed by atoms with E-state index in [1.165, 1.54) is 6.08 Å². The van der Waals surface area contributed by atoms with Crippen molar-refractivity contribution in [2.24, 2.45) is 0 Å². The molecule has 1 amide bonds. The summed E-state index contributed by atoms with van der Waals surface area (Å²) in [4.78, 5) is 21.6. The third kappa shape index (κ3) is 3.74. The van der Waals surface area contributed by atoms with Gasteiger partial charge in [0.2, 0.25) is 5.91 Å². The number of carbonyl (C=O) groups excluding carboxylic acids is 1. The predicted molar refractivity (Wildman–Crippen MR) is 67.1 cm³/mol. The SMILES string of the molecule is O=C(O)CNC(=O)/C=C\c1ccc2c(c1)OCCO2. The summed E-state index contributed by atoms with van der Waals surface area (Å²) in [5, 5.41) is 10.6. The van der Waals surface area contributed by atoms with Crippen molar-refractivity contribution < 1.29 is 24.2 Å². The molecule has 0 bridgehead atoms. The Morgan fingerprint density at radius 1 is 1.26 bits per heavy atom. The van der Waals surface area contributed by atoms with Crippen molar-refractivity contribution in [3.63, 3.8) is 0 Å². The van der Waals surface area contributed by atoms with Crippen LogP contribution >= 0.6 is 0 Å². The zero-order valence-corrected chi connectivity index (χ0v) is 10.1. The number of rotatable bonds is 4. The molecule has 0 saturated carbocycles. The number of ether oxygens (including phenoxy) is 2. The highest BCUT2D eigenvalue weighted by atomic mass is 16.6. The largest absolute Gasteiger partial charge is 0.486 e. The van der Waals surface area contributed by atoms with Crippen LogP contribution in [0.2, 0.25) is 0 Å². The molecule has 1 aromatic carbocycles. The minimum Gasteiger partial charge on any atom is -0.486 e. The van der Waals surface area contributed by atoms with E-state index in [0.717, 1.165) is 5.56 Å². The lowest BCUT2D eigenvalue weighted by Gasteiger charge is -2.18. The number of amides is 1.